The molecule has 1 unspecified atom stereocenters. The molecule has 1 rings (SSSR count). The monoisotopic (exact) mass is 252 g/mol. The molecule has 0 aliphatic rings. The van der Waals surface area contributed by atoms with Gasteiger partial charge in [-0.25, -0.2) is 4.79 Å². The van der Waals surface area contributed by atoms with Gasteiger partial charge in [0.2, 0.25) is 0 Å². The molecular formula is C13H16O3S. The maximum absolute atomic E-state index is 11.2. The second-order valence-corrected chi connectivity index (χ2v) is 4.55. The second kappa shape index (κ2) is 7.14. The van der Waals surface area contributed by atoms with Crippen LogP contribution in [0.15, 0.2) is 47.4 Å². The molecule has 3 nitrogen and oxygen atoms in total. The Morgan fingerprint density at radius 3 is 2.65 bits per heavy atom. The van der Waals surface area contributed by atoms with Gasteiger partial charge in [0.25, 0.3) is 0 Å². The largest absolute Gasteiger partial charge is 0.457 e. The van der Waals surface area contributed by atoms with Crippen LogP contribution in [0.2, 0.25) is 0 Å². The van der Waals surface area contributed by atoms with Gasteiger partial charge in [0.05, 0.1) is 6.61 Å². The molecule has 0 saturated carbocycles. The molecule has 0 radical (unpaired) electrons. The highest BCUT2D eigenvalue weighted by molar-refractivity contribution is 7.94. The van der Waals surface area contributed by atoms with Crippen LogP contribution in [0.25, 0.3) is 0 Å². The van der Waals surface area contributed by atoms with E-state index >= 15 is 0 Å². The quantitative estimate of drug-likeness (QED) is 0.442. The number of hydrogen-bond acceptors (Lipinski definition) is 4. The van der Waals surface area contributed by atoms with Crippen LogP contribution in [0.4, 0.5) is 0 Å². The fraction of sp³-hybridized carbons (Fsp3) is 0.308. The molecule has 0 heterocycles. The Morgan fingerprint density at radius 1 is 1.41 bits per heavy atom. The number of hydrogen-bond donors (Lipinski definition) is 0. The third-order valence-corrected chi connectivity index (χ3v) is 2.58. The van der Waals surface area contributed by atoms with Gasteiger partial charge in [-0.15, -0.1) is 0 Å². The maximum Gasteiger partial charge on any atom is 0.333 e. The molecule has 0 N–H and O–H groups in total. The zero-order chi connectivity index (χ0) is 12.7. The summed E-state index contributed by atoms with van der Waals surface area (Å²) in [7, 11) is 0. The standard InChI is InChI=1S/C13H16O3S/c1-10(2)13(14)16-11(3)9-15-17-12-7-5-4-6-8-12/h4-8,11H,1,9H2,2-3H3. The number of benzene rings is 1. The van der Waals surface area contributed by atoms with Crippen molar-refractivity contribution in [2.45, 2.75) is 24.8 Å². The topological polar surface area (TPSA) is 35.5 Å². The highest BCUT2D eigenvalue weighted by Gasteiger charge is 2.10. The van der Waals surface area contributed by atoms with E-state index in [1.165, 1.54) is 12.0 Å². The third-order valence-electron chi connectivity index (χ3n) is 1.86. The van der Waals surface area contributed by atoms with Gasteiger partial charge in [0, 0.05) is 22.5 Å². The fourth-order valence-corrected chi connectivity index (χ4v) is 1.66. The van der Waals surface area contributed by atoms with Gasteiger partial charge < -0.3 is 8.92 Å². The van der Waals surface area contributed by atoms with Crippen molar-refractivity contribution in [3.63, 3.8) is 0 Å². The van der Waals surface area contributed by atoms with E-state index in [2.05, 4.69) is 6.58 Å². The predicted octanol–water partition coefficient (Wildman–Crippen LogP) is 3.22. The van der Waals surface area contributed by atoms with Gasteiger partial charge in [-0.2, -0.15) is 0 Å². The summed E-state index contributed by atoms with van der Waals surface area (Å²) in [5.74, 6) is -0.384. The molecule has 4 heteroatoms. The summed E-state index contributed by atoms with van der Waals surface area (Å²) in [4.78, 5) is 12.2. The number of ether oxygens (including phenoxy) is 1. The first kappa shape index (κ1) is 13.8. The molecule has 1 aromatic carbocycles. The summed E-state index contributed by atoms with van der Waals surface area (Å²) in [5, 5.41) is 0. The van der Waals surface area contributed by atoms with Crippen LogP contribution in [-0.4, -0.2) is 18.7 Å². The highest BCUT2D eigenvalue weighted by Crippen LogP contribution is 2.18. The number of carbonyl (C=O) groups excluding carboxylic acids is 1. The Labute approximate surface area is 106 Å². The first-order chi connectivity index (χ1) is 8.09. The Hall–Kier alpha value is -1.26. The molecule has 0 aliphatic heterocycles. The van der Waals surface area contributed by atoms with Gasteiger partial charge in [-0.1, -0.05) is 24.8 Å². The molecule has 0 amide bonds. The van der Waals surface area contributed by atoms with E-state index in [4.69, 9.17) is 8.92 Å². The van der Waals surface area contributed by atoms with Crippen molar-refractivity contribution in [3.8, 4) is 0 Å². The van der Waals surface area contributed by atoms with Crippen molar-refractivity contribution in [2.75, 3.05) is 6.61 Å². The number of carbonyl (C=O) groups is 1. The Morgan fingerprint density at radius 2 is 2.06 bits per heavy atom. The molecule has 0 aromatic heterocycles. The maximum atomic E-state index is 11.2. The van der Waals surface area contributed by atoms with Gasteiger partial charge >= 0.3 is 5.97 Å². The molecule has 1 atom stereocenters. The Bertz CT molecular complexity index is 376. The third kappa shape index (κ3) is 5.56. The zero-order valence-electron chi connectivity index (χ0n) is 10.0. The minimum atomic E-state index is -0.384. The average Bonchev–Trinajstić information content (AvgIpc) is 2.30. The van der Waals surface area contributed by atoms with Crippen LogP contribution in [0.5, 0.6) is 0 Å². The SMILES string of the molecule is C=C(C)C(=O)OC(C)COSc1ccccc1. The van der Waals surface area contributed by atoms with Crippen LogP contribution >= 0.6 is 12.0 Å². The molecular weight excluding hydrogens is 236 g/mol. The minimum absolute atomic E-state index is 0.282. The highest BCUT2D eigenvalue weighted by atomic mass is 32.2. The van der Waals surface area contributed by atoms with Crippen LogP contribution in [0.3, 0.4) is 0 Å². The van der Waals surface area contributed by atoms with Crippen LogP contribution < -0.4 is 0 Å². The molecule has 0 bridgehead atoms. The first-order valence-electron chi connectivity index (χ1n) is 5.30. The van der Waals surface area contributed by atoms with E-state index in [1.807, 2.05) is 30.3 Å². The van der Waals surface area contributed by atoms with E-state index in [9.17, 15) is 4.79 Å². The van der Waals surface area contributed by atoms with E-state index in [1.54, 1.807) is 13.8 Å². The second-order valence-electron chi connectivity index (χ2n) is 3.68. The van der Waals surface area contributed by atoms with Gasteiger partial charge in [-0.3, -0.25) is 0 Å². The zero-order valence-corrected chi connectivity index (χ0v) is 10.8. The number of esters is 1. The molecule has 17 heavy (non-hydrogen) atoms. The van der Waals surface area contributed by atoms with E-state index in [0.717, 1.165) is 4.90 Å². The Kier molecular flexibility index (Phi) is 5.80. The summed E-state index contributed by atoms with van der Waals surface area (Å²) < 4.78 is 10.4. The van der Waals surface area contributed by atoms with Crippen molar-refractivity contribution in [2.24, 2.45) is 0 Å². The van der Waals surface area contributed by atoms with E-state index in [-0.39, 0.29) is 12.1 Å². The normalized spacial score (nSPS) is 11.9. The van der Waals surface area contributed by atoms with Crippen molar-refractivity contribution < 1.29 is 13.7 Å². The van der Waals surface area contributed by atoms with Gasteiger partial charge in [0.1, 0.15) is 6.10 Å². The molecule has 0 fully saturated rings. The molecule has 1 aromatic rings. The van der Waals surface area contributed by atoms with Crippen LogP contribution in [0, 0.1) is 0 Å². The molecule has 0 spiro atoms. The first-order valence-corrected chi connectivity index (χ1v) is 6.04. The Balaban J connectivity index is 2.23. The summed E-state index contributed by atoms with van der Waals surface area (Å²) in [6.45, 7) is 7.27. The van der Waals surface area contributed by atoms with Gasteiger partial charge in [-0.05, 0) is 26.0 Å². The molecule has 0 saturated heterocycles. The average molecular weight is 252 g/mol. The lowest BCUT2D eigenvalue weighted by Gasteiger charge is -2.12. The summed E-state index contributed by atoms with van der Waals surface area (Å²) >= 11 is 1.27. The molecule has 0 aliphatic carbocycles. The van der Waals surface area contributed by atoms with E-state index in [0.29, 0.717) is 12.2 Å². The summed E-state index contributed by atoms with van der Waals surface area (Å²) in [6, 6.07) is 9.73. The fourth-order valence-electron chi connectivity index (χ4n) is 0.991. The van der Waals surface area contributed by atoms with Gasteiger partial charge in [0.15, 0.2) is 0 Å². The molecule has 92 valence electrons. The van der Waals surface area contributed by atoms with Crippen molar-refractivity contribution in [1.82, 2.24) is 0 Å². The van der Waals surface area contributed by atoms with Crippen molar-refractivity contribution >= 4 is 18.0 Å². The smallest absolute Gasteiger partial charge is 0.333 e. The minimum Gasteiger partial charge on any atom is -0.457 e. The lowest BCUT2D eigenvalue weighted by atomic mass is 10.3. The van der Waals surface area contributed by atoms with Crippen LogP contribution in [-0.2, 0) is 13.7 Å². The van der Waals surface area contributed by atoms with Crippen molar-refractivity contribution in [3.05, 3.63) is 42.5 Å². The summed E-state index contributed by atoms with van der Waals surface area (Å²) in [5.41, 5.74) is 0.396. The predicted molar refractivity (Wildman–Crippen MR) is 68.6 cm³/mol. The van der Waals surface area contributed by atoms with E-state index < -0.39 is 0 Å². The van der Waals surface area contributed by atoms with Crippen LogP contribution in [0.1, 0.15) is 13.8 Å². The van der Waals surface area contributed by atoms with Crippen molar-refractivity contribution in [1.29, 1.82) is 0 Å². The number of rotatable bonds is 6. The lowest BCUT2D eigenvalue weighted by molar-refractivity contribution is -0.144. The lowest BCUT2D eigenvalue weighted by Crippen LogP contribution is -2.19. The summed E-state index contributed by atoms with van der Waals surface area (Å²) in [6.07, 6.45) is -0.282.